The van der Waals surface area contributed by atoms with Gasteiger partial charge in [-0.05, 0) is 43.4 Å². The van der Waals surface area contributed by atoms with Crippen molar-refractivity contribution in [3.8, 4) is 0 Å². The molecule has 0 saturated carbocycles. The fourth-order valence-electron chi connectivity index (χ4n) is 2.14. The molecular formula is C17H24N2O. The molecule has 0 saturated heterocycles. The summed E-state index contributed by atoms with van der Waals surface area (Å²) < 4.78 is 0. The Labute approximate surface area is 121 Å². The minimum atomic E-state index is -0.464. The predicted molar refractivity (Wildman–Crippen MR) is 84.9 cm³/mol. The number of hydrogen-bond donors (Lipinski definition) is 2. The van der Waals surface area contributed by atoms with Crippen LogP contribution in [0, 0.1) is 0 Å². The SMILES string of the molecule is CC(CNCC(O)c1ccc2ccccc2c1)N(C)C. The van der Waals surface area contributed by atoms with Crippen LogP contribution in [0.3, 0.4) is 0 Å². The van der Waals surface area contributed by atoms with Gasteiger partial charge in [0.2, 0.25) is 0 Å². The van der Waals surface area contributed by atoms with Gasteiger partial charge in [0.25, 0.3) is 0 Å². The summed E-state index contributed by atoms with van der Waals surface area (Å²) in [6.07, 6.45) is -0.464. The molecule has 2 N–H and O–H groups in total. The molecule has 0 bridgehead atoms. The van der Waals surface area contributed by atoms with Gasteiger partial charge in [-0.3, -0.25) is 0 Å². The van der Waals surface area contributed by atoms with E-state index in [9.17, 15) is 5.11 Å². The zero-order chi connectivity index (χ0) is 14.5. The number of rotatable bonds is 6. The minimum Gasteiger partial charge on any atom is -0.387 e. The number of aliphatic hydroxyl groups excluding tert-OH is 1. The normalized spacial score (nSPS) is 14.7. The molecule has 0 heterocycles. The van der Waals surface area contributed by atoms with E-state index < -0.39 is 6.10 Å². The molecule has 0 aliphatic carbocycles. The lowest BCUT2D eigenvalue weighted by molar-refractivity contribution is 0.170. The minimum absolute atomic E-state index is 0.457. The monoisotopic (exact) mass is 272 g/mol. The van der Waals surface area contributed by atoms with Gasteiger partial charge in [-0.1, -0.05) is 36.4 Å². The maximum atomic E-state index is 10.3. The maximum absolute atomic E-state index is 10.3. The van der Waals surface area contributed by atoms with Crippen LogP contribution in [0.2, 0.25) is 0 Å². The van der Waals surface area contributed by atoms with E-state index in [2.05, 4.69) is 55.5 Å². The number of benzene rings is 2. The second kappa shape index (κ2) is 6.84. The summed E-state index contributed by atoms with van der Waals surface area (Å²) in [5.41, 5.74) is 0.966. The number of nitrogens with zero attached hydrogens (tertiary/aromatic N) is 1. The molecule has 2 aromatic rings. The average molecular weight is 272 g/mol. The van der Waals surface area contributed by atoms with Crippen LogP contribution in [0.1, 0.15) is 18.6 Å². The lowest BCUT2D eigenvalue weighted by Gasteiger charge is -2.21. The number of fused-ring (bicyclic) bond motifs is 1. The summed E-state index contributed by atoms with van der Waals surface area (Å²) in [6.45, 7) is 3.61. The first-order valence-electron chi connectivity index (χ1n) is 7.12. The number of aliphatic hydroxyl groups is 1. The Kier molecular flexibility index (Phi) is 5.12. The Hall–Kier alpha value is -1.42. The van der Waals surface area contributed by atoms with Crippen LogP contribution in [0.25, 0.3) is 10.8 Å². The second-order valence-electron chi connectivity index (χ2n) is 5.59. The molecule has 0 fully saturated rings. The zero-order valence-electron chi connectivity index (χ0n) is 12.5. The highest BCUT2D eigenvalue weighted by atomic mass is 16.3. The van der Waals surface area contributed by atoms with Crippen LogP contribution in [-0.4, -0.2) is 43.2 Å². The van der Waals surface area contributed by atoms with Gasteiger partial charge in [0.15, 0.2) is 0 Å². The van der Waals surface area contributed by atoms with Crippen LogP contribution < -0.4 is 5.32 Å². The largest absolute Gasteiger partial charge is 0.387 e. The summed E-state index contributed by atoms with van der Waals surface area (Å²) in [6, 6.07) is 14.8. The Morgan fingerprint density at radius 3 is 2.45 bits per heavy atom. The first-order valence-corrected chi connectivity index (χ1v) is 7.12. The molecule has 0 radical (unpaired) electrons. The van der Waals surface area contributed by atoms with E-state index in [1.54, 1.807) is 0 Å². The van der Waals surface area contributed by atoms with Crippen molar-refractivity contribution >= 4 is 10.8 Å². The standard InChI is InChI=1S/C17H24N2O/c1-13(19(2)3)11-18-12-17(20)16-9-8-14-6-4-5-7-15(14)10-16/h4-10,13,17-18,20H,11-12H2,1-3H3. The topological polar surface area (TPSA) is 35.5 Å². The highest BCUT2D eigenvalue weighted by Gasteiger charge is 2.09. The second-order valence-corrected chi connectivity index (χ2v) is 5.59. The van der Waals surface area contributed by atoms with Crippen molar-refractivity contribution in [2.45, 2.75) is 19.1 Å². The third kappa shape index (κ3) is 3.79. The molecular weight excluding hydrogens is 248 g/mol. The lowest BCUT2D eigenvalue weighted by atomic mass is 10.0. The van der Waals surface area contributed by atoms with Crippen molar-refractivity contribution in [1.29, 1.82) is 0 Å². The summed E-state index contributed by atoms with van der Waals surface area (Å²) in [5, 5.41) is 16.0. The van der Waals surface area contributed by atoms with Crippen LogP contribution in [-0.2, 0) is 0 Å². The van der Waals surface area contributed by atoms with E-state index in [4.69, 9.17) is 0 Å². The number of nitrogens with one attached hydrogen (secondary N) is 1. The summed E-state index contributed by atoms with van der Waals surface area (Å²) in [5.74, 6) is 0. The highest BCUT2D eigenvalue weighted by molar-refractivity contribution is 5.83. The van der Waals surface area contributed by atoms with Gasteiger partial charge in [-0.2, -0.15) is 0 Å². The van der Waals surface area contributed by atoms with Gasteiger partial charge < -0.3 is 15.3 Å². The van der Waals surface area contributed by atoms with Gasteiger partial charge in [0, 0.05) is 19.1 Å². The highest BCUT2D eigenvalue weighted by Crippen LogP contribution is 2.20. The number of likely N-dealkylation sites (N-methyl/N-ethyl adjacent to an activating group) is 1. The Bertz CT molecular complexity index is 553. The lowest BCUT2D eigenvalue weighted by Crippen LogP contribution is -2.37. The maximum Gasteiger partial charge on any atom is 0.0914 e. The van der Waals surface area contributed by atoms with Crippen LogP contribution in [0.4, 0.5) is 0 Å². The van der Waals surface area contributed by atoms with Gasteiger partial charge in [-0.25, -0.2) is 0 Å². The molecule has 0 aliphatic heterocycles. The summed E-state index contributed by atoms with van der Waals surface area (Å²) in [4.78, 5) is 2.16. The zero-order valence-corrected chi connectivity index (χ0v) is 12.5. The third-order valence-corrected chi connectivity index (χ3v) is 3.82. The van der Waals surface area contributed by atoms with E-state index in [0.717, 1.165) is 12.1 Å². The average Bonchev–Trinajstić information content (AvgIpc) is 2.46. The molecule has 3 heteroatoms. The van der Waals surface area contributed by atoms with Crippen molar-refractivity contribution < 1.29 is 5.11 Å². The van der Waals surface area contributed by atoms with Crippen molar-refractivity contribution in [3.05, 3.63) is 48.0 Å². The van der Waals surface area contributed by atoms with Crippen molar-refractivity contribution in [1.82, 2.24) is 10.2 Å². The summed E-state index contributed by atoms with van der Waals surface area (Å²) in [7, 11) is 4.12. The molecule has 2 unspecified atom stereocenters. The summed E-state index contributed by atoms with van der Waals surface area (Å²) >= 11 is 0. The van der Waals surface area contributed by atoms with Crippen molar-refractivity contribution in [2.75, 3.05) is 27.2 Å². The Morgan fingerprint density at radius 1 is 1.05 bits per heavy atom. The van der Waals surface area contributed by atoms with Gasteiger partial charge in [-0.15, -0.1) is 0 Å². The first kappa shape index (κ1) is 15.0. The van der Waals surface area contributed by atoms with Crippen LogP contribution >= 0.6 is 0 Å². The molecule has 2 rings (SSSR count). The van der Waals surface area contributed by atoms with Crippen molar-refractivity contribution in [2.24, 2.45) is 0 Å². The molecule has 108 valence electrons. The molecule has 20 heavy (non-hydrogen) atoms. The molecule has 2 atom stereocenters. The smallest absolute Gasteiger partial charge is 0.0914 e. The fourth-order valence-corrected chi connectivity index (χ4v) is 2.14. The number of hydrogen-bond acceptors (Lipinski definition) is 3. The quantitative estimate of drug-likeness (QED) is 0.847. The molecule has 0 amide bonds. The van der Waals surface area contributed by atoms with E-state index in [1.807, 2.05) is 18.2 Å². The van der Waals surface area contributed by atoms with Gasteiger partial charge in [0.05, 0.1) is 6.10 Å². The van der Waals surface area contributed by atoms with Gasteiger partial charge >= 0.3 is 0 Å². The fraction of sp³-hybridized carbons (Fsp3) is 0.412. The van der Waals surface area contributed by atoms with E-state index in [-0.39, 0.29) is 0 Å². The van der Waals surface area contributed by atoms with Crippen molar-refractivity contribution in [3.63, 3.8) is 0 Å². The van der Waals surface area contributed by atoms with E-state index in [0.29, 0.717) is 12.6 Å². The Balaban J connectivity index is 1.95. The van der Waals surface area contributed by atoms with E-state index in [1.165, 1.54) is 10.8 Å². The molecule has 0 aliphatic rings. The van der Waals surface area contributed by atoms with Gasteiger partial charge in [0.1, 0.15) is 0 Å². The Morgan fingerprint density at radius 2 is 1.75 bits per heavy atom. The third-order valence-electron chi connectivity index (χ3n) is 3.82. The first-order chi connectivity index (χ1) is 9.58. The van der Waals surface area contributed by atoms with E-state index >= 15 is 0 Å². The van der Waals surface area contributed by atoms with Crippen LogP contribution in [0.15, 0.2) is 42.5 Å². The molecule has 3 nitrogen and oxygen atoms in total. The van der Waals surface area contributed by atoms with Crippen LogP contribution in [0.5, 0.6) is 0 Å². The molecule has 2 aromatic carbocycles. The predicted octanol–water partition coefficient (Wildman–Crippen LogP) is 2.41. The molecule has 0 spiro atoms. The molecule has 0 aromatic heterocycles.